The summed E-state index contributed by atoms with van der Waals surface area (Å²) >= 11 is 0. The molecular weight excluding hydrogens is 448 g/mol. The third-order valence-corrected chi connectivity index (χ3v) is 5.76. The molecule has 0 radical (unpaired) electrons. The Morgan fingerprint density at radius 2 is 1.88 bits per heavy atom. The largest absolute Gasteiger partial charge is 0.415 e. The van der Waals surface area contributed by atoms with Crippen LogP contribution in [-0.2, 0) is 17.5 Å². The summed E-state index contributed by atoms with van der Waals surface area (Å²) in [4.78, 5) is 4.29. The maximum atomic E-state index is 14.9. The highest BCUT2D eigenvalue weighted by molar-refractivity contribution is 7.86. The second-order valence-electron chi connectivity index (χ2n) is 6.51. The molecule has 164 valence electrons. The molecule has 0 aliphatic heterocycles. The summed E-state index contributed by atoms with van der Waals surface area (Å²) in [7, 11) is -1.82. The maximum absolute atomic E-state index is 14.9. The number of pyridine rings is 1. The zero-order valence-electron chi connectivity index (χ0n) is 16.2. The van der Waals surface area contributed by atoms with E-state index >= 15 is 0 Å². The lowest BCUT2D eigenvalue weighted by molar-refractivity contribution is 0.116. The van der Waals surface area contributed by atoms with Crippen LogP contribution in [0.2, 0.25) is 0 Å². The fourth-order valence-corrected chi connectivity index (χ4v) is 4.02. The van der Waals surface area contributed by atoms with Crippen molar-refractivity contribution >= 4 is 16.7 Å². The van der Waals surface area contributed by atoms with Crippen LogP contribution in [0.25, 0.3) is 11.5 Å². The SMILES string of the molecule is O=S(c1cccnc1)N(Cc1ccc(-c2nnc(C(F)F)o2)cc1F)c1cccc(F)c1. The molecule has 0 bridgehead atoms. The minimum Gasteiger partial charge on any atom is -0.415 e. The van der Waals surface area contributed by atoms with Gasteiger partial charge in [0.05, 0.1) is 17.1 Å². The first-order valence-electron chi connectivity index (χ1n) is 9.18. The Labute approximate surface area is 182 Å². The van der Waals surface area contributed by atoms with Gasteiger partial charge in [-0.1, -0.05) is 12.1 Å². The fraction of sp³-hybridized carbons (Fsp3) is 0.0952. The van der Waals surface area contributed by atoms with E-state index in [1.54, 1.807) is 18.2 Å². The first-order chi connectivity index (χ1) is 15.4. The molecule has 4 aromatic rings. The van der Waals surface area contributed by atoms with Crippen molar-refractivity contribution in [1.29, 1.82) is 0 Å². The number of hydrogen-bond donors (Lipinski definition) is 0. The molecule has 1 unspecified atom stereocenters. The Kier molecular flexibility index (Phi) is 6.26. The molecule has 11 heteroatoms. The van der Waals surface area contributed by atoms with Crippen molar-refractivity contribution in [2.24, 2.45) is 0 Å². The molecule has 4 rings (SSSR count). The van der Waals surface area contributed by atoms with Crippen LogP contribution in [-0.4, -0.2) is 19.4 Å². The molecule has 2 heterocycles. The average Bonchev–Trinajstić information content (AvgIpc) is 3.29. The van der Waals surface area contributed by atoms with Crippen molar-refractivity contribution in [3.8, 4) is 11.5 Å². The van der Waals surface area contributed by atoms with Crippen LogP contribution in [0, 0.1) is 11.6 Å². The Bertz CT molecular complexity index is 1250. The Balaban J connectivity index is 1.66. The van der Waals surface area contributed by atoms with Crippen LogP contribution >= 0.6 is 0 Å². The summed E-state index contributed by atoms with van der Waals surface area (Å²) in [6, 6.07) is 12.5. The second kappa shape index (κ2) is 9.27. The molecule has 2 aromatic carbocycles. The minimum absolute atomic E-state index is 0.108. The highest BCUT2D eigenvalue weighted by Gasteiger charge is 2.21. The van der Waals surface area contributed by atoms with Crippen LogP contribution in [0.15, 0.2) is 76.3 Å². The zero-order valence-corrected chi connectivity index (χ0v) is 17.0. The molecule has 0 saturated carbocycles. The predicted molar refractivity (Wildman–Crippen MR) is 108 cm³/mol. The molecule has 0 spiro atoms. The summed E-state index contributed by atoms with van der Waals surface area (Å²) in [6.07, 6.45) is -0.0247. The van der Waals surface area contributed by atoms with Gasteiger partial charge in [0.25, 0.3) is 5.89 Å². The molecule has 0 fully saturated rings. The number of benzene rings is 2. The van der Waals surface area contributed by atoms with Crippen molar-refractivity contribution in [3.63, 3.8) is 0 Å². The van der Waals surface area contributed by atoms with Gasteiger partial charge in [-0.15, -0.1) is 10.2 Å². The average molecular weight is 462 g/mol. The Morgan fingerprint density at radius 3 is 2.53 bits per heavy atom. The fourth-order valence-electron chi connectivity index (χ4n) is 2.86. The Morgan fingerprint density at radius 1 is 1.03 bits per heavy atom. The number of halogens is 4. The van der Waals surface area contributed by atoms with E-state index in [2.05, 4.69) is 15.2 Å². The van der Waals surface area contributed by atoms with E-state index in [1.807, 2.05) is 0 Å². The van der Waals surface area contributed by atoms with E-state index in [1.165, 1.54) is 47.0 Å². The van der Waals surface area contributed by atoms with Gasteiger partial charge in [-0.25, -0.2) is 13.0 Å². The zero-order chi connectivity index (χ0) is 22.7. The molecule has 0 amide bonds. The normalized spacial score (nSPS) is 12.2. The van der Waals surface area contributed by atoms with Crippen LogP contribution < -0.4 is 4.31 Å². The highest BCUT2D eigenvalue weighted by atomic mass is 32.2. The molecular formula is C21H14F4N4O2S. The smallest absolute Gasteiger partial charge is 0.314 e. The standard InChI is InChI=1S/C21H14F4N4O2S/c22-15-3-1-4-16(10-15)29(32(30)17-5-2-8-26-11-17)12-14-7-6-13(9-18(14)23)20-27-28-21(31-20)19(24)25/h1-11,19H,12H2. The maximum Gasteiger partial charge on any atom is 0.314 e. The van der Waals surface area contributed by atoms with Gasteiger partial charge < -0.3 is 4.42 Å². The lowest BCUT2D eigenvalue weighted by atomic mass is 10.1. The van der Waals surface area contributed by atoms with Gasteiger partial charge in [0.1, 0.15) is 11.6 Å². The quantitative estimate of drug-likeness (QED) is 0.359. The molecule has 0 saturated heterocycles. The van der Waals surface area contributed by atoms with Crippen LogP contribution in [0.5, 0.6) is 0 Å². The number of rotatable bonds is 7. The summed E-state index contributed by atoms with van der Waals surface area (Å²) in [5.41, 5.74) is 0.509. The summed E-state index contributed by atoms with van der Waals surface area (Å²) in [6.45, 7) is -0.177. The van der Waals surface area contributed by atoms with E-state index in [0.717, 1.165) is 6.07 Å². The third-order valence-electron chi connectivity index (χ3n) is 4.37. The van der Waals surface area contributed by atoms with Crippen molar-refractivity contribution in [2.75, 3.05) is 4.31 Å². The summed E-state index contributed by atoms with van der Waals surface area (Å²) in [5, 5.41) is 6.71. The molecule has 1 atom stereocenters. The van der Waals surface area contributed by atoms with E-state index < -0.39 is 34.9 Å². The topological polar surface area (TPSA) is 72.1 Å². The summed E-state index contributed by atoms with van der Waals surface area (Å²) < 4.78 is 73.3. The number of nitrogens with zero attached hydrogens (tertiary/aromatic N) is 4. The number of hydrogen-bond acceptors (Lipinski definition) is 5. The van der Waals surface area contributed by atoms with Gasteiger partial charge >= 0.3 is 6.43 Å². The van der Waals surface area contributed by atoms with Crippen molar-refractivity contribution in [2.45, 2.75) is 17.9 Å². The number of aromatic nitrogens is 3. The first kappa shape index (κ1) is 21.6. The molecule has 0 aliphatic rings. The molecule has 32 heavy (non-hydrogen) atoms. The van der Waals surface area contributed by atoms with E-state index in [9.17, 15) is 21.8 Å². The molecule has 0 aliphatic carbocycles. The van der Waals surface area contributed by atoms with Crippen molar-refractivity contribution in [3.05, 3.63) is 90.1 Å². The lowest BCUT2D eigenvalue weighted by Crippen LogP contribution is -2.26. The van der Waals surface area contributed by atoms with E-state index in [0.29, 0.717) is 4.90 Å². The van der Waals surface area contributed by atoms with Crippen molar-refractivity contribution in [1.82, 2.24) is 15.2 Å². The van der Waals surface area contributed by atoms with Gasteiger partial charge in [0, 0.05) is 23.5 Å². The van der Waals surface area contributed by atoms with Gasteiger partial charge in [0.15, 0.2) is 11.0 Å². The second-order valence-corrected chi connectivity index (χ2v) is 7.92. The van der Waals surface area contributed by atoms with Crippen LogP contribution in [0.4, 0.5) is 23.2 Å². The number of alkyl halides is 2. The van der Waals surface area contributed by atoms with Crippen LogP contribution in [0.1, 0.15) is 17.9 Å². The van der Waals surface area contributed by atoms with E-state index in [-0.39, 0.29) is 29.2 Å². The number of anilines is 1. The molecule has 6 nitrogen and oxygen atoms in total. The molecule has 2 aromatic heterocycles. The Hall–Kier alpha value is -3.60. The van der Waals surface area contributed by atoms with Crippen molar-refractivity contribution < 1.29 is 26.2 Å². The van der Waals surface area contributed by atoms with Gasteiger partial charge in [-0.05, 0) is 42.5 Å². The minimum atomic E-state index is -2.94. The van der Waals surface area contributed by atoms with Gasteiger partial charge in [-0.2, -0.15) is 8.78 Å². The predicted octanol–water partition coefficient (Wildman–Crippen LogP) is 5.08. The molecule has 0 N–H and O–H groups in total. The monoisotopic (exact) mass is 462 g/mol. The summed E-state index contributed by atoms with van der Waals surface area (Å²) in [5.74, 6) is -2.39. The van der Waals surface area contributed by atoms with Gasteiger partial charge in [0.2, 0.25) is 5.89 Å². The van der Waals surface area contributed by atoms with Crippen LogP contribution in [0.3, 0.4) is 0 Å². The van der Waals surface area contributed by atoms with Gasteiger partial charge in [-0.3, -0.25) is 9.29 Å². The van der Waals surface area contributed by atoms with E-state index in [4.69, 9.17) is 4.42 Å². The highest BCUT2D eigenvalue weighted by Crippen LogP contribution is 2.28. The third kappa shape index (κ3) is 4.67. The lowest BCUT2D eigenvalue weighted by Gasteiger charge is -2.24. The first-order valence-corrected chi connectivity index (χ1v) is 10.3.